The van der Waals surface area contributed by atoms with Crippen molar-refractivity contribution in [1.82, 2.24) is 9.55 Å². The van der Waals surface area contributed by atoms with Crippen LogP contribution in [0.3, 0.4) is 0 Å². The molecule has 0 saturated heterocycles. The van der Waals surface area contributed by atoms with Crippen LogP contribution in [0.5, 0.6) is 0 Å². The van der Waals surface area contributed by atoms with Crippen LogP contribution in [0.25, 0.3) is 16.7 Å². The minimum Gasteiger partial charge on any atom is -0.369 e. The lowest BCUT2D eigenvalue weighted by Gasteiger charge is -2.11. The van der Waals surface area contributed by atoms with Crippen molar-refractivity contribution in [2.75, 3.05) is 5.73 Å². The molecule has 0 atom stereocenters. The summed E-state index contributed by atoms with van der Waals surface area (Å²) in [7, 11) is 0. The summed E-state index contributed by atoms with van der Waals surface area (Å²) in [6.07, 6.45) is 0. The number of nitrogen functional groups attached to an aromatic ring is 1. The molecular weight excluding hydrogens is 302 g/mol. The molecule has 2 aromatic carbocycles. The van der Waals surface area contributed by atoms with Crippen molar-refractivity contribution < 1.29 is 0 Å². The standard InChI is InChI=1S/C15H14BrN3/c1-9-6-7-14-12(8-9)18-15(17)19(14)13-5-3-4-11(16)10(13)2/h3-8H,1-2H3,(H2,17,18). The van der Waals surface area contributed by atoms with E-state index in [0.717, 1.165) is 26.8 Å². The highest BCUT2D eigenvalue weighted by Crippen LogP contribution is 2.28. The van der Waals surface area contributed by atoms with E-state index in [2.05, 4.69) is 59.0 Å². The van der Waals surface area contributed by atoms with E-state index in [4.69, 9.17) is 5.73 Å². The fourth-order valence-corrected chi connectivity index (χ4v) is 2.66. The van der Waals surface area contributed by atoms with Crippen molar-refractivity contribution in [1.29, 1.82) is 0 Å². The first-order chi connectivity index (χ1) is 9.08. The molecule has 0 spiro atoms. The smallest absolute Gasteiger partial charge is 0.205 e. The van der Waals surface area contributed by atoms with E-state index in [0.29, 0.717) is 5.95 Å². The molecule has 3 aromatic rings. The number of benzene rings is 2. The van der Waals surface area contributed by atoms with Crippen LogP contribution < -0.4 is 5.73 Å². The van der Waals surface area contributed by atoms with Crippen molar-refractivity contribution in [3.05, 3.63) is 52.0 Å². The third-order valence-corrected chi connectivity index (χ3v) is 4.18. The second-order valence-corrected chi connectivity index (χ2v) is 5.54. The summed E-state index contributed by atoms with van der Waals surface area (Å²) in [5.41, 5.74) is 11.4. The van der Waals surface area contributed by atoms with Gasteiger partial charge >= 0.3 is 0 Å². The quantitative estimate of drug-likeness (QED) is 0.738. The molecule has 0 unspecified atom stereocenters. The van der Waals surface area contributed by atoms with E-state index in [1.807, 2.05) is 16.7 Å². The van der Waals surface area contributed by atoms with Crippen LogP contribution in [0, 0.1) is 13.8 Å². The summed E-state index contributed by atoms with van der Waals surface area (Å²) in [5.74, 6) is 0.516. The average Bonchev–Trinajstić information content (AvgIpc) is 2.68. The Labute approximate surface area is 120 Å². The van der Waals surface area contributed by atoms with E-state index in [1.165, 1.54) is 5.56 Å². The number of hydrogen-bond donors (Lipinski definition) is 1. The first-order valence-electron chi connectivity index (χ1n) is 6.08. The third kappa shape index (κ3) is 1.92. The number of hydrogen-bond acceptors (Lipinski definition) is 2. The van der Waals surface area contributed by atoms with Gasteiger partial charge in [0.25, 0.3) is 0 Å². The minimum atomic E-state index is 0.516. The summed E-state index contributed by atoms with van der Waals surface area (Å²) in [6.45, 7) is 4.12. The predicted molar refractivity (Wildman–Crippen MR) is 82.7 cm³/mol. The zero-order chi connectivity index (χ0) is 13.6. The molecule has 0 aliphatic carbocycles. The van der Waals surface area contributed by atoms with Gasteiger partial charge in [-0.05, 0) is 49.2 Å². The lowest BCUT2D eigenvalue weighted by atomic mass is 10.2. The molecule has 0 saturated carbocycles. The van der Waals surface area contributed by atoms with Gasteiger partial charge in [0.15, 0.2) is 0 Å². The molecule has 0 aliphatic rings. The first-order valence-corrected chi connectivity index (χ1v) is 6.87. The van der Waals surface area contributed by atoms with E-state index in [9.17, 15) is 0 Å². The van der Waals surface area contributed by atoms with Gasteiger partial charge in [-0.2, -0.15) is 0 Å². The maximum absolute atomic E-state index is 6.09. The van der Waals surface area contributed by atoms with Crippen LogP contribution in [0.4, 0.5) is 5.95 Å². The van der Waals surface area contributed by atoms with Crippen molar-refractivity contribution >= 4 is 32.9 Å². The van der Waals surface area contributed by atoms with Crippen molar-refractivity contribution in [3.63, 3.8) is 0 Å². The number of fused-ring (bicyclic) bond motifs is 1. The van der Waals surface area contributed by atoms with Gasteiger partial charge in [-0.15, -0.1) is 0 Å². The Morgan fingerprint density at radius 1 is 1.16 bits per heavy atom. The van der Waals surface area contributed by atoms with Crippen LogP contribution in [0.1, 0.15) is 11.1 Å². The Hall–Kier alpha value is -1.81. The minimum absolute atomic E-state index is 0.516. The number of anilines is 1. The van der Waals surface area contributed by atoms with E-state index in [-0.39, 0.29) is 0 Å². The Balaban J connectivity index is 2.36. The third-order valence-electron chi connectivity index (χ3n) is 3.32. The molecule has 0 radical (unpaired) electrons. The largest absolute Gasteiger partial charge is 0.369 e. The first kappa shape index (κ1) is 12.2. The molecule has 0 amide bonds. The lowest BCUT2D eigenvalue weighted by Crippen LogP contribution is -2.02. The molecule has 0 bridgehead atoms. The highest BCUT2D eigenvalue weighted by atomic mass is 79.9. The molecule has 0 aliphatic heterocycles. The number of halogens is 1. The fourth-order valence-electron chi connectivity index (χ4n) is 2.30. The second-order valence-electron chi connectivity index (χ2n) is 4.68. The van der Waals surface area contributed by atoms with Crippen LogP contribution in [0.15, 0.2) is 40.9 Å². The summed E-state index contributed by atoms with van der Waals surface area (Å²) >= 11 is 3.56. The van der Waals surface area contributed by atoms with Crippen molar-refractivity contribution in [2.45, 2.75) is 13.8 Å². The zero-order valence-corrected chi connectivity index (χ0v) is 12.4. The Morgan fingerprint density at radius 2 is 1.95 bits per heavy atom. The van der Waals surface area contributed by atoms with Gasteiger partial charge in [-0.1, -0.05) is 28.1 Å². The van der Waals surface area contributed by atoms with Gasteiger partial charge in [0.2, 0.25) is 5.95 Å². The molecule has 19 heavy (non-hydrogen) atoms. The van der Waals surface area contributed by atoms with Gasteiger partial charge in [-0.3, -0.25) is 4.57 Å². The fraction of sp³-hybridized carbons (Fsp3) is 0.133. The summed E-state index contributed by atoms with van der Waals surface area (Å²) < 4.78 is 3.06. The molecule has 3 nitrogen and oxygen atoms in total. The van der Waals surface area contributed by atoms with Gasteiger partial charge in [0.05, 0.1) is 16.7 Å². The molecule has 3 rings (SSSR count). The highest BCUT2D eigenvalue weighted by molar-refractivity contribution is 9.10. The Bertz CT molecular complexity index is 774. The number of imidazole rings is 1. The van der Waals surface area contributed by atoms with Crippen LogP contribution >= 0.6 is 15.9 Å². The highest BCUT2D eigenvalue weighted by Gasteiger charge is 2.12. The average molecular weight is 316 g/mol. The molecule has 0 fully saturated rings. The number of rotatable bonds is 1. The van der Waals surface area contributed by atoms with Crippen molar-refractivity contribution in [3.8, 4) is 5.69 Å². The van der Waals surface area contributed by atoms with Gasteiger partial charge in [0, 0.05) is 4.47 Å². The number of nitrogens with zero attached hydrogens (tertiary/aromatic N) is 2. The molecule has 1 heterocycles. The van der Waals surface area contributed by atoms with E-state index in [1.54, 1.807) is 0 Å². The maximum Gasteiger partial charge on any atom is 0.205 e. The molecule has 2 N–H and O–H groups in total. The Kier molecular flexibility index (Phi) is 2.82. The summed E-state index contributed by atoms with van der Waals surface area (Å²) in [4.78, 5) is 4.45. The SMILES string of the molecule is Cc1ccc2c(c1)nc(N)n2-c1cccc(Br)c1C. The summed E-state index contributed by atoms with van der Waals surface area (Å²) in [5, 5.41) is 0. The van der Waals surface area contributed by atoms with Crippen molar-refractivity contribution in [2.24, 2.45) is 0 Å². The van der Waals surface area contributed by atoms with E-state index < -0.39 is 0 Å². The maximum atomic E-state index is 6.09. The normalized spacial score (nSPS) is 11.1. The van der Waals surface area contributed by atoms with Crippen LogP contribution in [-0.4, -0.2) is 9.55 Å². The number of nitrogens with two attached hydrogens (primary N) is 1. The van der Waals surface area contributed by atoms with E-state index >= 15 is 0 Å². The Morgan fingerprint density at radius 3 is 2.74 bits per heavy atom. The summed E-state index contributed by atoms with van der Waals surface area (Å²) in [6, 6.07) is 12.3. The topological polar surface area (TPSA) is 43.8 Å². The molecular formula is C15H14BrN3. The lowest BCUT2D eigenvalue weighted by molar-refractivity contribution is 1.09. The number of aromatic nitrogens is 2. The second kappa shape index (κ2) is 4.38. The predicted octanol–water partition coefficient (Wildman–Crippen LogP) is 3.99. The van der Waals surface area contributed by atoms with Crippen LogP contribution in [-0.2, 0) is 0 Å². The van der Waals surface area contributed by atoms with Gasteiger partial charge in [-0.25, -0.2) is 4.98 Å². The zero-order valence-electron chi connectivity index (χ0n) is 10.8. The van der Waals surface area contributed by atoms with Gasteiger partial charge in [0.1, 0.15) is 0 Å². The van der Waals surface area contributed by atoms with Gasteiger partial charge < -0.3 is 5.73 Å². The number of aryl methyl sites for hydroxylation is 1. The molecule has 4 heteroatoms. The molecule has 1 aromatic heterocycles. The van der Waals surface area contributed by atoms with Crippen LogP contribution in [0.2, 0.25) is 0 Å². The monoisotopic (exact) mass is 315 g/mol. The molecule has 96 valence electrons.